The van der Waals surface area contributed by atoms with Crippen LogP contribution in [-0.2, 0) is 0 Å². The summed E-state index contributed by atoms with van der Waals surface area (Å²) in [5.41, 5.74) is 0.661. The number of likely N-dealkylation sites (tertiary alicyclic amines) is 1. The maximum Gasteiger partial charge on any atom is 0.255 e. The fraction of sp³-hybridized carbons (Fsp3) is 0.474. The lowest BCUT2D eigenvalue weighted by molar-refractivity contribution is 0.180. The number of halogens is 1. The molecule has 4 rings (SSSR count). The zero-order chi connectivity index (χ0) is 18.1. The van der Waals surface area contributed by atoms with E-state index in [1.165, 1.54) is 6.20 Å². The van der Waals surface area contributed by atoms with E-state index in [9.17, 15) is 9.50 Å². The predicted molar refractivity (Wildman–Crippen MR) is 97.8 cm³/mol. The van der Waals surface area contributed by atoms with Gasteiger partial charge in [0, 0.05) is 18.8 Å². The van der Waals surface area contributed by atoms with Gasteiger partial charge < -0.3 is 9.84 Å². The van der Waals surface area contributed by atoms with Gasteiger partial charge in [-0.3, -0.25) is 4.90 Å². The van der Waals surface area contributed by atoms with Crippen LogP contribution < -0.4 is 4.74 Å². The van der Waals surface area contributed by atoms with E-state index in [0.717, 1.165) is 36.8 Å². The van der Waals surface area contributed by atoms with E-state index >= 15 is 0 Å². The summed E-state index contributed by atoms with van der Waals surface area (Å²) in [6.07, 6.45) is 3.49. The second kappa shape index (κ2) is 7.40. The summed E-state index contributed by atoms with van der Waals surface area (Å²) in [5, 5.41) is 10.2. The molecule has 0 amide bonds. The summed E-state index contributed by atoms with van der Waals surface area (Å²) in [6.45, 7) is 3.86. The summed E-state index contributed by atoms with van der Waals surface area (Å²) < 4.78 is 19.8. The third-order valence-electron chi connectivity index (χ3n) is 5.15. The van der Waals surface area contributed by atoms with Crippen molar-refractivity contribution in [3.05, 3.63) is 42.1 Å². The smallest absolute Gasteiger partial charge is 0.255 e. The Balaban J connectivity index is 1.26. The first-order chi connectivity index (χ1) is 12.6. The normalized spacial score (nSPS) is 25.4. The average molecular weight is 375 g/mol. The fourth-order valence-corrected chi connectivity index (χ4v) is 4.76. The van der Waals surface area contributed by atoms with Gasteiger partial charge in [-0.2, -0.15) is 4.39 Å². The molecule has 1 saturated carbocycles. The summed E-state index contributed by atoms with van der Waals surface area (Å²) in [4.78, 5) is 10.5. The Morgan fingerprint density at radius 1 is 1.23 bits per heavy atom. The molecule has 2 aliphatic rings. The molecule has 3 heterocycles. The van der Waals surface area contributed by atoms with Crippen LogP contribution in [0.1, 0.15) is 18.5 Å². The van der Waals surface area contributed by atoms with E-state index in [0.29, 0.717) is 17.5 Å². The minimum Gasteiger partial charge on any atom is -0.506 e. The number of rotatable bonds is 5. The van der Waals surface area contributed by atoms with Crippen LogP contribution in [0.4, 0.5) is 4.39 Å². The highest BCUT2D eigenvalue weighted by Crippen LogP contribution is 2.40. The number of nitrogens with zero attached hydrogens (tertiary/aromatic N) is 3. The molecule has 1 aliphatic heterocycles. The lowest BCUT2D eigenvalue weighted by Gasteiger charge is -2.19. The number of pyridine rings is 2. The van der Waals surface area contributed by atoms with Crippen molar-refractivity contribution < 1.29 is 14.2 Å². The topological polar surface area (TPSA) is 58.5 Å². The molecule has 3 atom stereocenters. The molecule has 5 nitrogen and oxygen atoms in total. The number of ether oxygens (including phenoxy) is 1. The van der Waals surface area contributed by atoms with E-state index in [1.54, 1.807) is 36.9 Å². The molecule has 0 spiro atoms. The van der Waals surface area contributed by atoms with E-state index in [-0.39, 0.29) is 17.6 Å². The zero-order valence-corrected chi connectivity index (χ0v) is 15.5. The molecular formula is C19H22FN3O2S. The second-order valence-corrected chi connectivity index (χ2v) is 8.10. The number of fused-ring (bicyclic) bond motifs is 1. The van der Waals surface area contributed by atoms with Crippen molar-refractivity contribution in [1.82, 2.24) is 14.9 Å². The van der Waals surface area contributed by atoms with Crippen molar-refractivity contribution in [2.75, 3.05) is 19.0 Å². The van der Waals surface area contributed by atoms with Gasteiger partial charge in [-0.1, -0.05) is 11.8 Å². The number of aromatic nitrogens is 2. The van der Waals surface area contributed by atoms with Crippen LogP contribution >= 0.6 is 11.8 Å². The van der Waals surface area contributed by atoms with E-state index in [1.807, 2.05) is 6.07 Å². The Bertz CT molecular complexity index is 760. The summed E-state index contributed by atoms with van der Waals surface area (Å²) in [5.74, 6) is 2.06. The van der Waals surface area contributed by atoms with Crippen LogP contribution in [0.2, 0.25) is 0 Å². The highest BCUT2D eigenvalue weighted by molar-refractivity contribution is 7.99. The Morgan fingerprint density at radius 3 is 2.65 bits per heavy atom. The van der Waals surface area contributed by atoms with Crippen LogP contribution in [0.25, 0.3) is 0 Å². The first-order valence-corrected chi connectivity index (χ1v) is 9.85. The number of aromatic hydroxyl groups is 1. The van der Waals surface area contributed by atoms with E-state index < -0.39 is 5.95 Å². The maximum absolute atomic E-state index is 13.9. The molecule has 1 saturated heterocycles. The SMILES string of the molecule is Cc1ccc(OC2C[C@@H]3CN(CSc4ccc(O)cn4)C[C@@H]3C2)c(F)n1. The van der Waals surface area contributed by atoms with Gasteiger partial charge >= 0.3 is 0 Å². The monoisotopic (exact) mass is 375 g/mol. The molecule has 1 unspecified atom stereocenters. The van der Waals surface area contributed by atoms with Gasteiger partial charge in [0.25, 0.3) is 5.95 Å². The van der Waals surface area contributed by atoms with Crippen molar-refractivity contribution in [3.63, 3.8) is 0 Å². The quantitative estimate of drug-likeness (QED) is 0.638. The highest BCUT2D eigenvalue weighted by Gasteiger charge is 2.41. The third kappa shape index (κ3) is 3.94. The minimum absolute atomic E-state index is 0.0811. The third-order valence-corrected chi connectivity index (χ3v) is 6.18. The van der Waals surface area contributed by atoms with Crippen LogP contribution in [0.5, 0.6) is 11.5 Å². The maximum atomic E-state index is 13.9. The van der Waals surface area contributed by atoms with Gasteiger partial charge in [0.05, 0.1) is 23.2 Å². The zero-order valence-electron chi connectivity index (χ0n) is 14.6. The van der Waals surface area contributed by atoms with E-state index in [2.05, 4.69) is 14.9 Å². The first-order valence-electron chi connectivity index (χ1n) is 8.87. The average Bonchev–Trinajstić information content (AvgIpc) is 3.15. The van der Waals surface area contributed by atoms with Gasteiger partial charge in [0.15, 0.2) is 5.75 Å². The Kier molecular flexibility index (Phi) is 5.00. The molecule has 2 aromatic rings. The van der Waals surface area contributed by atoms with Crippen LogP contribution in [-0.4, -0.2) is 45.0 Å². The molecule has 0 aromatic carbocycles. The molecule has 0 radical (unpaired) electrons. The van der Waals surface area contributed by atoms with Crippen LogP contribution in [0, 0.1) is 24.7 Å². The predicted octanol–water partition coefficient (Wildman–Crippen LogP) is 3.47. The Hall–Kier alpha value is -1.86. The van der Waals surface area contributed by atoms with Crippen molar-refractivity contribution in [1.29, 1.82) is 0 Å². The number of aryl methyl sites for hydroxylation is 1. The Morgan fingerprint density at radius 2 is 2.00 bits per heavy atom. The highest BCUT2D eigenvalue weighted by atomic mass is 32.2. The fourth-order valence-electron chi connectivity index (χ4n) is 3.94. The van der Waals surface area contributed by atoms with Gasteiger partial charge in [0.1, 0.15) is 5.75 Å². The van der Waals surface area contributed by atoms with Crippen molar-refractivity contribution >= 4 is 11.8 Å². The molecule has 2 aromatic heterocycles. The molecule has 26 heavy (non-hydrogen) atoms. The largest absolute Gasteiger partial charge is 0.506 e. The number of hydrogen-bond donors (Lipinski definition) is 1. The van der Waals surface area contributed by atoms with Gasteiger partial charge in [-0.15, -0.1) is 0 Å². The summed E-state index contributed by atoms with van der Waals surface area (Å²) >= 11 is 1.69. The standard InChI is InChI=1S/C19H22FN3O2S/c1-12-2-4-17(19(20)22-12)25-16-6-13-9-23(10-14(13)7-16)11-26-18-5-3-15(24)8-21-18/h2-5,8,13-14,16,24H,6-7,9-11H2,1H3/t13-,14+,16?. The van der Waals surface area contributed by atoms with Gasteiger partial charge in [-0.05, 0) is 55.9 Å². The molecule has 138 valence electrons. The van der Waals surface area contributed by atoms with Gasteiger partial charge in [-0.25, -0.2) is 9.97 Å². The molecule has 2 fully saturated rings. The number of hydrogen-bond acceptors (Lipinski definition) is 6. The van der Waals surface area contributed by atoms with Crippen molar-refractivity contribution in [2.45, 2.75) is 30.9 Å². The number of thioether (sulfide) groups is 1. The molecule has 1 aliphatic carbocycles. The summed E-state index contributed by atoms with van der Waals surface area (Å²) in [7, 11) is 0. The van der Waals surface area contributed by atoms with E-state index in [4.69, 9.17) is 4.74 Å². The lowest BCUT2D eigenvalue weighted by Crippen LogP contribution is -2.24. The molecule has 7 heteroatoms. The summed E-state index contributed by atoms with van der Waals surface area (Å²) in [6, 6.07) is 6.96. The first kappa shape index (κ1) is 17.5. The molecular weight excluding hydrogens is 353 g/mol. The lowest BCUT2D eigenvalue weighted by atomic mass is 10.0. The minimum atomic E-state index is -0.513. The van der Waals surface area contributed by atoms with Crippen LogP contribution in [0.15, 0.2) is 35.5 Å². The van der Waals surface area contributed by atoms with Crippen LogP contribution in [0.3, 0.4) is 0 Å². The van der Waals surface area contributed by atoms with Crippen molar-refractivity contribution in [2.24, 2.45) is 11.8 Å². The second-order valence-electron chi connectivity index (χ2n) is 7.14. The van der Waals surface area contributed by atoms with Gasteiger partial charge in [0.2, 0.25) is 0 Å². The molecule has 0 bridgehead atoms. The van der Waals surface area contributed by atoms with Crippen molar-refractivity contribution in [3.8, 4) is 11.5 Å². The molecule has 1 N–H and O–H groups in total. The Labute approximate surface area is 156 Å².